The monoisotopic (exact) mass is 261 g/mol. The number of furan rings is 1. The van der Waals surface area contributed by atoms with Crippen LogP contribution in [0.5, 0.6) is 0 Å². The smallest absolute Gasteiger partial charge is 0.123 e. The maximum atomic E-state index is 12.9. The van der Waals surface area contributed by atoms with Gasteiger partial charge >= 0.3 is 0 Å². The molecule has 3 heteroatoms. The molecule has 0 spiro atoms. The Morgan fingerprint density at radius 1 is 1.11 bits per heavy atom. The van der Waals surface area contributed by atoms with Crippen LogP contribution in [0, 0.1) is 11.7 Å². The number of rotatable bonds is 7. The standard InChI is InChI=1S/C16H20FNO/c1-2-18-11-15(10-14-7-8-19-12-14)9-13-3-5-16(17)6-4-13/h3-8,12,15,18H,2,9-11H2,1H3. The van der Waals surface area contributed by atoms with E-state index in [0.717, 1.165) is 25.9 Å². The van der Waals surface area contributed by atoms with Crippen LogP contribution in [0.2, 0.25) is 0 Å². The first kappa shape index (κ1) is 13.8. The van der Waals surface area contributed by atoms with Gasteiger partial charge in [0.2, 0.25) is 0 Å². The zero-order valence-corrected chi connectivity index (χ0v) is 11.2. The highest BCUT2D eigenvalue weighted by Crippen LogP contribution is 2.15. The quantitative estimate of drug-likeness (QED) is 0.826. The molecule has 0 saturated heterocycles. The molecule has 102 valence electrons. The van der Waals surface area contributed by atoms with E-state index in [0.29, 0.717) is 5.92 Å². The van der Waals surface area contributed by atoms with E-state index in [9.17, 15) is 4.39 Å². The fraction of sp³-hybridized carbons (Fsp3) is 0.375. The Kier molecular flexibility index (Phi) is 5.16. The van der Waals surface area contributed by atoms with Crippen molar-refractivity contribution in [1.29, 1.82) is 0 Å². The first-order valence-electron chi connectivity index (χ1n) is 6.74. The number of hydrogen-bond acceptors (Lipinski definition) is 2. The summed E-state index contributed by atoms with van der Waals surface area (Å²) in [7, 11) is 0. The van der Waals surface area contributed by atoms with E-state index < -0.39 is 0 Å². The zero-order valence-electron chi connectivity index (χ0n) is 11.2. The van der Waals surface area contributed by atoms with Crippen LogP contribution in [0.15, 0.2) is 47.3 Å². The van der Waals surface area contributed by atoms with E-state index >= 15 is 0 Å². The zero-order chi connectivity index (χ0) is 13.5. The van der Waals surface area contributed by atoms with Crippen molar-refractivity contribution in [3.63, 3.8) is 0 Å². The molecule has 19 heavy (non-hydrogen) atoms. The first-order chi connectivity index (χ1) is 9.28. The second kappa shape index (κ2) is 7.10. The Morgan fingerprint density at radius 2 is 1.84 bits per heavy atom. The molecule has 2 rings (SSSR count). The molecule has 1 aromatic carbocycles. The van der Waals surface area contributed by atoms with E-state index in [1.54, 1.807) is 12.5 Å². The van der Waals surface area contributed by atoms with Crippen LogP contribution in [0.4, 0.5) is 4.39 Å². The third-order valence-corrected chi connectivity index (χ3v) is 3.23. The molecule has 1 unspecified atom stereocenters. The minimum absolute atomic E-state index is 0.179. The van der Waals surface area contributed by atoms with Crippen molar-refractivity contribution >= 4 is 0 Å². The van der Waals surface area contributed by atoms with Gasteiger partial charge < -0.3 is 9.73 Å². The normalized spacial score (nSPS) is 12.5. The Hall–Kier alpha value is -1.61. The van der Waals surface area contributed by atoms with Crippen LogP contribution in [0.3, 0.4) is 0 Å². The van der Waals surface area contributed by atoms with E-state index in [-0.39, 0.29) is 5.82 Å². The lowest BCUT2D eigenvalue weighted by atomic mass is 9.93. The van der Waals surface area contributed by atoms with E-state index in [4.69, 9.17) is 4.42 Å². The number of nitrogens with one attached hydrogen (secondary N) is 1. The molecule has 1 N–H and O–H groups in total. The number of halogens is 1. The van der Waals surface area contributed by atoms with Crippen LogP contribution >= 0.6 is 0 Å². The Morgan fingerprint density at radius 3 is 2.47 bits per heavy atom. The third-order valence-electron chi connectivity index (χ3n) is 3.23. The van der Waals surface area contributed by atoms with Gasteiger partial charge in [0.1, 0.15) is 5.82 Å². The van der Waals surface area contributed by atoms with Gasteiger partial charge in [-0.25, -0.2) is 4.39 Å². The Bertz CT molecular complexity index is 464. The summed E-state index contributed by atoms with van der Waals surface area (Å²) >= 11 is 0. The van der Waals surface area contributed by atoms with Crippen molar-refractivity contribution in [2.24, 2.45) is 5.92 Å². The van der Waals surface area contributed by atoms with Crippen molar-refractivity contribution in [3.8, 4) is 0 Å². The summed E-state index contributed by atoms with van der Waals surface area (Å²) in [5, 5.41) is 3.39. The summed E-state index contributed by atoms with van der Waals surface area (Å²) in [5.41, 5.74) is 2.39. The van der Waals surface area contributed by atoms with Gasteiger partial charge in [0.15, 0.2) is 0 Å². The van der Waals surface area contributed by atoms with Crippen molar-refractivity contribution in [1.82, 2.24) is 5.32 Å². The predicted molar refractivity (Wildman–Crippen MR) is 74.5 cm³/mol. The molecule has 0 fully saturated rings. The Balaban J connectivity index is 1.98. The van der Waals surface area contributed by atoms with Crippen LogP contribution in [-0.2, 0) is 12.8 Å². The van der Waals surface area contributed by atoms with Crippen LogP contribution in [0.1, 0.15) is 18.1 Å². The minimum atomic E-state index is -0.179. The fourth-order valence-corrected chi connectivity index (χ4v) is 2.26. The van der Waals surface area contributed by atoms with Crippen LogP contribution in [0.25, 0.3) is 0 Å². The molecule has 0 radical (unpaired) electrons. The number of benzene rings is 1. The van der Waals surface area contributed by atoms with Crippen LogP contribution < -0.4 is 5.32 Å². The van der Waals surface area contributed by atoms with Gasteiger partial charge in [-0.05, 0) is 61.2 Å². The predicted octanol–water partition coefficient (Wildman–Crippen LogP) is 3.43. The van der Waals surface area contributed by atoms with Crippen molar-refractivity contribution in [2.45, 2.75) is 19.8 Å². The van der Waals surface area contributed by atoms with Gasteiger partial charge in [-0.15, -0.1) is 0 Å². The Labute approximate surface area is 113 Å². The van der Waals surface area contributed by atoms with Crippen LogP contribution in [-0.4, -0.2) is 13.1 Å². The van der Waals surface area contributed by atoms with Gasteiger partial charge in [0, 0.05) is 0 Å². The molecule has 2 aromatic rings. The molecular formula is C16H20FNO. The summed E-state index contributed by atoms with van der Waals surface area (Å²) in [6.07, 6.45) is 5.42. The van der Waals surface area contributed by atoms with Gasteiger partial charge in [0.25, 0.3) is 0 Å². The highest BCUT2D eigenvalue weighted by Gasteiger charge is 2.11. The second-order valence-corrected chi connectivity index (χ2v) is 4.84. The first-order valence-corrected chi connectivity index (χ1v) is 6.74. The lowest BCUT2D eigenvalue weighted by molar-refractivity contribution is 0.474. The summed E-state index contributed by atoms with van der Waals surface area (Å²) < 4.78 is 18.0. The van der Waals surface area contributed by atoms with Crippen molar-refractivity contribution in [3.05, 3.63) is 59.8 Å². The fourth-order valence-electron chi connectivity index (χ4n) is 2.26. The highest BCUT2D eigenvalue weighted by atomic mass is 19.1. The molecule has 1 atom stereocenters. The summed E-state index contributed by atoms with van der Waals surface area (Å²) in [5.74, 6) is 0.310. The van der Waals surface area contributed by atoms with Gasteiger partial charge in [-0.2, -0.15) is 0 Å². The van der Waals surface area contributed by atoms with Crippen molar-refractivity contribution in [2.75, 3.05) is 13.1 Å². The van der Waals surface area contributed by atoms with E-state index in [1.165, 1.54) is 23.3 Å². The largest absolute Gasteiger partial charge is 0.472 e. The lowest BCUT2D eigenvalue weighted by Crippen LogP contribution is -2.25. The van der Waals surface area contributed by atoms with Gasteiger partial charge in [-0.1, -0.05) is 19.1 Å². The van der Waals surface area contributed by atoms with Crippen molar-refractivity contribution < 1.29 is 8.81 Å². The molecule has 0 bridgehead atoms. The molecular weight excluding hydrogens is 241 g/mol. The molecule has 2 nitrogen and oxygen atoms in total. The summed E-state index contributed by atoms with van der Waals surface area (Å²) in [4.78, 5) is 0. The average molecular weight is 261 g/mol. The molecule has 0 amide bonds. The van der Waals surface area contributed by atoms with E-state index in [1.807, 2.05) is 18.2 Å². The molecule has 0 aliphatic rings. The summed E-state index contributed by atoms with van der Waals surface area (Å²) in [6.45, 7) is 4.02. The SMILES string of the molecule is CCNCC(Cc1ccc(F)cc1)Cc1ccoc1. The lowest BCUT2D eigenvalue weighted by Gasteiger charge is -2.16. The molecule has 0 aliphatic carbocycles. The molecule has 1 aromatic heterocycles. The topological polar surface area (TPSA) is 25.2 Å². The maximum absolute atomic E-state index is 12.9. The molecule has 1 heterocycles. The van der Waals surface area contributed by atoms with Gasteiger partial charge in [0.05, 0.1) is 12.5 Å². The highest BCUT2D eigenvalue weighted by molar-refractivity contribution is 5.17. The minimum Gasteiger partial charge on any atom is -0.472 e. The van der Waals surface area contributed by atoms with Gasteiger partial charge in [-0.3, -0.25) is 0 Å². The molecule has 0 saturated carbocycles. The average Bonchev–Trinajstić information content (AvgIpc) is 2.91. The third kappa shape index (κ3) is 4.52. The second-order valence-electron chi connectivity index (χ2n) is 4.84. The molecule has 0 aliphatic heterocycles. The maximum Gasteiger partial charge on any atom is 0.123 e. The van der Waals surface area contributed by atoms with E-state index in [2.05, 4.69) is 12.2 Å². The summed E-state index contributed by atoms with van der Waals surface area (Å²) in [6, 6.07) is 8.78. The number of hydrogen-bond donors (Lipinski definition) is 1.